The van der Waals surface area contributed by atoms with Crippen LogP contribution in [0.2, 0.25) is 5.02 Å². The highest BCUT2D eigenvalue weighted by Crippen LogP contribution is 2.37. The third-order valence-corrected chi connectivity index (χ3v) is 5.94. The van der Waals surface area contributed by atoms with E-state index in [0.717, 1.165) is 28.9 Å². The molecule has 0 spiro atoms. The molecule has 1 atom stereocenters. The molecule has 0 saturated carbocycles. The number of anilines is 2. The maximum atomic E-state index is 12.7. The van der Waals surface area contributed by atoms with E-state index in [0.29, 0.717) is 44.3 Å². The van der Waals surface area contributed by atoms with Crippen molar-refractivity contribution in [1.82, 2.24) is 4.90 Å². The van der Waals surface area contributed by atoms with Crippen molar-refractivity contribution in [1.29, 1.82) is 0 Å². The van der Waals surface area contributed by atoms with E-state index in [1.807, 2.05) is 46.2 Å². The summed E-state index contributed by atoms with van der Waals surface area (Å²) in [6.45, 7) is 4.71. The average Bonchev–Trinajstić information content (AvgIpc) is 2.76. The topological polar surface area (TPSA) is 61.9 Å². The Bertz CT molecular complexity index is 926. The maximum absolute atomic E-state index is 12.7. The fraction of sp³-hybridized carbons (Fsp3) is 0.391. The Labute approximate surface area is 181 Å². The molecule has 1 fully saturated rings. The summed E-state index contributed by atoms with van der Waals surface area (Å²) in [5, 5.41) is 4.25. The molecule has 0 aromatic heterocycles. The molecule has 2 aromatic rings. The molecule has 2 amide bonds. The van der Waals surface area contributed by atoms with E-state index in [2.05, 4.69) is 11.4 Å². The van der Waals surface area contributed by atoms with E-state index in [9.17, 15) is 9.59 Å². The lowest BCUT2D eigenvalue weighted by Gasteiger charge is -2.35. The van der Waals surface area contributed by atoms with Crippen molar-refractivity contribution in [2.24, 2.45) is 0 Å². The molecule has 0 bridgehead atoms. The number of carbonyl (C=O) groups excluding carboxylic acids is 2. The Hall–Kier alpha value is -2.57. The molecule has 1 saturated heterocycles. The van der Waals surface area contributed by atoms with Gasteiger partial charge in [0.2, 0.25) is 11.8 Å². The minimum atomic E-state index is 0.0262. The Balaban J connectivity index is 1.58. The number of benzene rings is 2. The second-order valence-electron chi connectivity index (χ2n) is 7.73. The van der Waals surface area contributed by atoms with Crippen molar-refractivity contribution in [2.75, 3.05) is 43.1 Å². The lowest BCUT2D eigenvalue weighted by Crippen LogP contribution is -2.41. The zero-order chi connectivity index (χ0) is 21.1. The molecule has 0 aliphatic carbocycles. The van der Waals surface area contributed by atoms with Crippen LogP contribution in [0.5, 0.6) is 0 Å². The van der Waals surface area contributed by atoms with Gasteiger partial charge in [-0.1, -0.05) is 23.7 Å². The second kappa shape index (κ2) is 9.06. The van der Waals surface area contributed by atoms with Crippen LogP contribution in [0.15, 0.2) is 42.5 Å². The van der Waals surface area contributed by atoms with Crippen LogP contribution in [0.1, 0.15) is 30.5 Å². The Morgan fingerprint density at radius 3 is 2.53 bits per heavy atom. The van der Waals surface area contributed by atoms with Crippen LogP contribution >= 0.6 is 11.6 Å². The number of ether oxygens (including phenoxy) is 1. The van der Waals surface area contributed by atoms with Gasteiger partial charge < -0.3 is 19.9 Å². The maximum Gasteiger partial charge on any atom is 0.227 e. The first-order chi connectivity index (χ1) is 14.5. The number of nitrogens with zero attached hydrogens (tertiary/aromatic N) is 2. The van der Waals surface area contributed by atoms with Gasteiger partial charge in [-0.25, -0.2) is 0 Å². The molecule has 2 aromatic carbocycles. The Kier molecular flexibility index (Phi) is 6.25. The number of morpholine rings is 1. The van der Waals surface area contributed by atoms with Crippen molar-refractivity contribution in [3.05, 3.63) is 58.6 Å². The lowest BCUT2D eigenvalue weighted by atomic mass is 9.93. The van der Waals surface area contributed by atoms with Gasteiger partial charge in [0.1, 0.15) is 0 Å². The van der Waals surface area contributed by atoms with Crippen LogP contribution in [0.4, 0.5) is 11.4 Å². The zero-order valence-electron chi connectivity index (χ0n) is 17.1. The van der Waals surface area contributed by atoms with Gasteiger partial charge in [0, 0.05) is 43.0 Å². The smallest absolute Gasteiger partial charge is 0.227 e. The summed E-state index contributed by atoms with van der Waals surface area (Å²) in [5.41, 5.74) is 3.88. The summed E-state index contributed by atoms with van der Waals surface area (Å²) >= 11 is 6.01. The Morgan fingerprint density at radius 1 is 1.10 bits per heavy atom. The van der Waals surface area contributed by atoms with Gasteiger partial charge in [-0.15, -0.1) is 0 Å². The summed E-state index contributed by atoms with van der Waals surface area (Å²) in [6.07, 6.45) is 1.14. The lowest BCUT2D eigenvalue weighted by molar-refractivity contribution is -0.134. The summed E-state index contributed by atoms with van der Waals surface area (Å²) in [6, 6.07) is 13.6. The van der Waals surface area contributed by atoms with E-state index in [-0.39, 0.29) is 17.9 Å². The first-order valence-electron chi connectivity index (χ1n) is 10.3. The molecule has 30 heavy (non-hydrogen) atoms. The fourth-order valence-corrected chi connectivity index (χ4v) is 4.22. The van der Waals surface area contributed by atoms with Crippen LogP contribution in [0.3, 0.4) is 0 Å². The molecular formula is C23H26ClN3O3. The predicted molar refractivity (Wildman–Crippen MR) is 118 cm³/mol. The molecule has 0 radical (unpaired) electrons. The number of carbonyl (C=O) groups is 2. The molecule has 6 nitrogen and oxygen atoms in total. The highest BCUT2D eigenvalue weighted by Gasteiger charge is 2.28. The molecule has 2 aliphatic rings. The third-order valence-electron chi connectivity index (χ3n) is 5.68. The number of amides is 2. The van der Waals surface area contributed by atoms with Crippen LogP contribution in [-0.2, 0) is 20.7 Å². The van der Waals surface area contributed by atoms with Crippen molar-refractivity contribution in [3.8, 4) is 0 Å². The molecule has 1 N–H and O–H groups in total. The first kappa shape index (κ1) is 20.7. The molecule has 4 rings (SSSR count). The zero-order valence-corrected chi connectivity index (χ0v) is 17.8. The first-order valence-corrected chi connectivity index (χ1v) is 10.7. The molecule has 158 valence electrons. The van der Waals surface area contributed by atoms with Crippen molar-refractivity contribution in [2.45, 2.75) is 25.8 Å². The summed E-state index contributed by atoms with van der Waals surface area (Å²) < 4.78 is 5.34. The monoisotopic (exact) mass is 427 g/mol. The highest BCUT2D eigenvalue weighted by atomic mass is 35.5. The van der Waals surface area contributed by atoms with Gasteiger partial charge in [0.25, 0.3) is 0 Å². The molecule has 2 heterocycles. The van der Waals surface area contributed by atoms with Gasteiger partial charge in [0.15, 0.2) is 0 Å². The van der Waals surface area contributed by atoms with Crippen LogP contribution < -0.4 is 10.2 Å². The van der Waals surface area contributed by atoms with Gasteiger partial charge >= 0.3 is 0 Å². The van der Waals surface area contributed by atoms with Gasteiger partial charge in [-0.2, -0.15) is 0 Å². The number of rotatable bonds is 4. The molecule has 1 unspecified atom stereocenters. The van der Waals surface area contributed by atoms with E-state index in [4.69, 9.17) is 16.3 Å². The fourth-order valence-electron chi connectivity index (χ4n) is 4.10. The van der Waals surface area contributed by atoms with E-state index in [1.165, 1.54) is 0 Å². The largest absolute Gasteiger partial charge is 0.378 e. The van der Waals surface area contributed by atoms with Crippen molar-refractivity contribution in [3.63, 3.8) is 0 Å². The van der Waals surface area contributed by atoms with E-state index in [1.54, 1.807) is 6.92 Å². The van der Waals surface area contributed by atoms with E-state index >= 15 is 0 Å². The minimum absolute atomic E-state index is 0.0262. The standard InChI is InChI=1S/C23H26ClN3O3/c1-16(28)27-9-8-21(25-19-5-3-18(24)4-6-19)20-14-17(2-7-22(20)27)15-23(29)26-10-12-30-13-11-26/h2-7,14,21,25H,8-13,15H2,1H3. The van der Waals surface area contributed by atoms with E-state index < -0.39 is 0 Å². The number of hydrogen-bond acceptors (Lipinski definition) is 4. The highest BCUT2D eigenvalue weighted by molar-refractivity contribution is 6.30. The summed E-state index contributed by atoms with van der Waals surface area (Å²) in [5.74, 6) is 0.137. The SMILES string of the molecule is CC(=O)N1CCC(Nc2ccc(Cl)cc2)c2cc(CC(=O)N3CCOCC3)ccc21. The normalized spacial score (nSPS) is 18.7. The van der Waals surface area contributed by atoms with Gasteiger partial charge in [0.05, 0.1) is 25.7 Å². The van der Waals surface area contributed by atoms with Crippen molar-refractivity contribution < 1.29 is 14.3 Å². The summed E-state index contributed by atoms with van der Waals surface area (Å²) in [4.78, 5) is 28.5. The quantitative estimate of drug-likeness (QED) is 0.809. The number of hydrogen-bond donors (Lipinski definition) is 1. The molecule has 2 aliphatic heterocycles. The number of halogens is 1. The molecular weight excluding hydrogens is 402 g/mol. The van der Waals surface area contributed by atoms with Gasteiger partial charge in [-0.3, -0.25) is 9.59 Å². The number of fused-ring (bicyclic) bond motifs is 1. The third kappa shape index (κ3) is 4.60. The number of nitrogens with one attached hydrogen (secondary N) is 1. The summed E-state index contributed by atoms with van der Waals surface area (Å²) in [7, 11) is 0. The Morgan fingerprint density at radius 2 is 1.83 bits per heavy atom. The predicted octanol–water partition coefficient (Wildman–Crippen LogP) is 3.65. The molecule has 7 heteroatoms. The second-order valence-corrected chi connectivity index (χ2v) is 8.16. The van der Waals surface area contributed by atoms with Gasteiger partial charge in [-0.05, 0) is 47.9 Å². The van der Waals surface area contributed by atoms with Crippen LogP contribution in [-0.4, -0.2) is 49.6 Å². The average molecular weight is 428 g/mol. The van der Waals surface area contributed by atoms with Crippen LogP contribution in [0, 0.1) is 0 Å². The van der Waals surface area contributed by atoms with Crippen LogP contribution in [0.25, 0.3) is 0 Å². The van der Waals surface area contributed by atoms with Crippen molar-refractivity contribution >= 4 is 34.8 Å². The minimum Gasteiger partial charge on any atom is -0.378 e.